The SMILES string of the molecule is CC(C)Cc1nc(-c2ccccc2)n(C(C)C)c1N. The van der Waals surface area contributed by atoms with E-state index >= 15 is 0 Å². The number of hydrogen-bond acceptors (Lipinski definition) is 2. The molecule has 0 aliphatic carbocycles. The van der Waals surface area contributed by atoms with Crippen molar-refractivity contribution >= 4 is 5.82 Å². The van der Waals surface area contributed by atoms with Crippen molar-refractivity contribution in [2.75, 3.05) is 5.73 Å². The molecule has 2 N–H and O–H groups in total. The molecule has 1 aromatic carbocycles. The molecule has 0 spiro atoms. The van der Waals surface area contributed by atoms with E-state index in [1.165, 1.54) is 0 Å². The highest BCUT2D eigenvalue weighted by Gasteiger charge is 2.18. The molecule has 1 heterocycles. The summed E-state index contributed by atoms with van der Waals surface area (Å²) in [6, 6.07) is 10.6. The van der Waals surface area contributed by atoms with Crippen LogP contribution in [0.25, 0.3) is 11.4 Å². The van der Waals surface area contributed by atoms with Crippen LogP contribution in [0.3, 0.4) is 0 Å². The topological polar surface area (TPSA) is 43.8 Å². The highest BCUT2D eigenvalue weighted by Crippen LogP contribution is 2.29. The summed E-state index contributed by atoms with van der Waals surface area (Å²) < 4.78 is 2.13. The molecular weight excluding hydrogens is 234 g/mol. The summed E-state index contributed by atoms with van der Waals surface area (Å²) >= 11 is 0. The first-order valence-electron chi connectivity index (χ1n) is 6.92. The molecule has 1 aromatic heterocycles. The van der Waals surface area contributed by atoms with Crippen molar-refractivity contribution < 1.29 is 0 Å². The van der Waals surface area contributed by atoms with Gasteiger partial charge in [0, 0.05) is 11.6 Å². The third kappa shape index (κ3) is 2.80. The van der Waals surface area contributed by atoms with Gasteiger partial charge < -0.3 is 10.3 Å². The van der Waals surface area contributed by atoms with E-state index in [4.69, 9.17) is 10.7 Å². The molecule has 2 aromatic rings. The second kappa shape index (κ2) is 5.47. The standard InChI is InChI=1S/C16H23N3/c1-11(2)10-14-15(17)19(12(3)4)16(18-14)13-8-6-5-7-9-13/h5-9,11-12H,10,17H2,1-4H3. The zero-order valence-electron chi connectivity index (χ0n) is 12.2. The van der Waals surface area contributed by atoms with Gasteiger partial charge in [0.05, 0.1) is 5.69 Å². The van der Waals surface area contributed by atoms with E-state index in [1.807, 2.05) is 18.2 Å². The maximum atomic E-state index is 6.29. The average molecular weight is 257 g/mol. The van der Waals surface area contributed by atoms with Crippen LogP contribution in [-0.2, 0) is 6.42 Å². The largest absolute Gasteiger partial charge is 0.384 e. The van der Waals surface area contributed by atoms with Crippen molar-refractivity contribution in [2.24, 2.45) is 5.92 Å². The summed E-state index contributed by atoms with van der Waals surface area (Å²) in [4.78, 5) is 4.78. The maximum absolute atomic E-state index is 6.29. The molecule has 3 nitrogen and oxygen atoms in total. The number of nitrogens with zero attached hydrogens (tertiary/aromatic N) is 2. The number of nitrogens with two attached hydrogens (primary N) is 1. The molecule has 19 heavy (non-hydrogen) atoms. The minimum Gasteiger partial charge on any atom is -0.384 e. The van der Waals surface area contributed by atoms with Crippen LogP contribution in [0.2, 0.25) is 0 Å². The zero-order chi connectivity index (χ0) is 14.0. The molecule has 0 fully saturated rings. The van der Waals surface area contributed by atoms with Crippen LogP contribution in [0, 0.1) is 5.92 Å². The number of nitrogen functional groups attached to an aromatic ring is 1. The van der Waals surface area contributed by atoms with Crippen molar-refractivity contribution in [1.82, 2.24) is 9.55 Å². The minimum absolute atomic E-state index is 0.309. The number of rotatable bonds is 4. The lowest BCUT2D eigenvalue weighted by Crippen LogP contribution is -2.08. The summed E-state index contributed by atoms with van der Waals surface area (Å²) in [6.07, 6.45) is 0.922. The lowest BCUT2D eigenvalue weighted by molar-refractivity contribution is 0.610. The van der Waals surface area contributed by atoms with Crippen molar-refractivity contribution in [2.45, 2.75) is 40.2 Å². The molecule has 0 amide bonds. The fourth-order valence-electron chi connectivity index (χ4n) is 2.34. The van der Waals surface area contributed by atoms with E-state index in [9.17, 15) is 0 Å². The third-order valence-corrected chi connectivity index (χ3v) is 3.17. The first-order chi connectivity index (χ1) is 9.00. The normalized spacial score (nSPS) is 11.5. The van der Waals surface area contributed by atoms with Gasteiger partial charge in [0.1, 0.15) is 11.6 Å². The minimum atomic E-state index is 0.309. The molecule has 0 aliphatic heterocycles. The molecular formula is C16H23N3. The van der Waals surface area contributed by atoms with Crippen LogP contribution in [0.4, 0.5) is 5.82 Å². The van der Waals surface area contributed by atoms with Crippen molar-refractivity contribution in [3.63, 3.8) is 0 Å². The molecule has 2 rings (SSSR count). The van der Waals surface area contributed by atoms with Crippen molar-refractivity contribution in [1.29, 1.82) is 0 Å². The lowest BCUT2D eigenvalue weighted by Gasteiger charge is -2.13. The van der Waals surface area contributed by atoms with Gasteiger partial charge in [-0.1, -0.05) is 44.2 Å². The van der Waals surface area contributed by atoms with E-state index in [1.54, 1.807) is 0 Å². The van der Waals surface area contributed by atoms with Crippen LogP contribution in [0.1, 0.15) is 39.4 Å². The quantitative estimate of drug-likeness (QED) is 0.902. The highest BCUT2D eigenvalue weighted by atomic mass is 15.2. The Kier molecular flexibility index (Phi) is 3.93. The van der Waals surface area contributed by atoms with E-state index in [0.717, 1.165) is 29.3 Å². The first kappa shape index (κ1) is 13.7. The van der Waals surface area contributed by atoms with Gasteiger partial charge in [0.25, 0.3) is 0 Å². The van der Waals surface area contributed by atoms with E-state index in [0.29, 0.717) is 12.0 Å². The summed E-state index contributed by atoms with van der Waals surface area (Å²) in [6.45, 7) is 8.67. The monoisotopic (exact) mass is 257 g/mol. The Balaban J connectivity index is 2.54. The Hall–Kier alpha value is -1.77. The van der Waals surface area contributed by atoms with Gasteiger partial charge in [-0.05, 0) is 26.2 Å². The van der Waals surface area contributed by atoms with Gasteiger partial charge in [-0.25, -0.2) is 4.98 Å². The van der Waals surface area contributed by atoms with E-state index < -0.39 is 0 Å². The Labute approximate surface area is 115 Å². The van der Waals surface area contributed by atoms with Gasteiger partial charge in [-0.15, -0.1) is 0 Å². The van der Waals surface area contributed by atoms with Crippen LogP contribution >= 0.6 is 0 Å². The van der Waals surface area contributed by atoms with Crippen LogP contribution in [-0.4, -0.2) is 9.55 Å². The van der Waals surface area contributed by atoms with Gasteiger partial charge >= 0.3 is 0 Å². The van der Waals surface area contributed by atoms with Crippen LogP contribution in [0.15, 0.2) is 30.3 Å². The molecule has 0 saturated carbocycles. The Morgan fingerprint density at radius 1 is 1.11 bits per heavy atom. The molecule has 0 aliphatic rings. The zero-order valence-corrected chi connectivity index (χ0v) is 12.2. The molecule has 0 unspecified atom stereocenters. The summed E-state index contributed by atoms with van der Waals surface area (Å²) in [5, 5.41) is 0. The maximum Gasteiger partial charge on any atom is 0.142 e. The van der Waals surface area contributed by atoms with E-state index in [2.05, 4.69) is 44.4 Å². The predicted molar refractivity (Wildman–Crippen MR) is 81.0 cm³/mol. The number of anilines is 1. The van der Waals surface area contributed by atoms with E-state index in [-0.39, 0.29) is 0 Å². The predicted octanol–water partition coefficient (Wildman–Crippen LogP) is 3.91. The molecule has 3 heteroatoms. The van der Waals surface area contributed by atoms with Gasteiger partial charge in [0.2, 0.25) is 0 Å². The smallest absolute Gasteiger partial charge is 0.142 e. The number of imidazole rings is 1. The highest BCUT2D eigenvalue weighted by molar-refractivity contribution is 5.60. The molecule has 0 bridgehead atoms. The average Bonchev–Trinajstić information content (AvgIpc) is 2.67. The summed E-state index contributed by atoms with van der Waals surface area (Å²) in [7, 11) is 0. The van der Waals surface area contributed by atoms with Crippen molar-refractivity contribution in [3.8, 4) is 11.4 Å². The number of aromatic nitrogens is 2. The van der Waals surface area contributed by atoms with Crippen LogP contribution < -0.4 is 5.73 Å². The summed E-state index contributed by atoms with van der Waals surface area (Å²) in [5.74, 6) is 2.34. The number of benzene rings is 1. The number of hydrogen-bond donors (Lipinski definition) is 1. The Bertz CT molecular complexity index is 539. The molecule has 102 valence electrons. The fourth-order valence-corrected chi connectivity index (χ4v) is 2.34. The summed E-state index contributed by atoms with van der Waals surface area (Å²) in [5.41, 5.74) is 8.43. The molecule has 0 saturated heterocycles. The second-order valence-electron chi connectivity index (χ2n) is 5.70. The van der Waals surface area contributed by atoms with Gasteiger partial charge in [0.15, 0.2) is 0 Å². The Morgan fingerprint density at radius 2 is 1.74 bits per heavy atom. The molecule has 0 atom stereocenters. The third-order valence-electron chi connectivity index (χ3n) is 3.17. The fraction of sp³-hybridized carbons (Fsp3) is 0.438. The van der Waals surface area contributed by atoms with Crippen molar-refractivity contribution in [3.05, 3.63) is 36.0 Å². The lowest BCUT2D eigenvalue weighted by atomic mass is 10.1. The molecule has 0 radical (unpaired) electrons. The van der Waals surface area contributed by atoms with Crippen LogP contribution in [0.5, 0.6) is 0 Å². The first-order valence-corrected chi connectivity index (χ1v) is 6.92. The second-order valence-corrected chi connectivity index (χ2v) is 5.70. The van der Waals surface area contributed by atoms with Gasteiger partial charge in [-0.3, -0.25) is 0 Å². The Morgan fingerprint density at radius 3 is 2.26 bits per heavy atom. The van der Waals surface area contributed by atoms with Gasteiger partial charge in [-0.2, -0.15) is 0 Å².